The minimum absolute atomic E-state index is 0.0389. The summed E-state index contributed by atoms with van der Waals surface area (Å²) in [6.45, 7) is 8.72. The van der Waals surface area contributed by atoms with Gasteiger partial charge in [0.25, 0.3) is 0 Å². The van der Waals surface area contributed by atoms with Crippen LogP contribution in [0.1, 0.15) is 47.0 Å². The molecule has 0 radical (unpaired) electrons. The van der Waals surface area contributed by atoms with Crippen LogP contribution in [0.15, 0.2) is 48.9 Å². The van der Waals surface area contributed by atoms with E-state index < -0.39 is 23.0 Å². The van der Waals surface area contributed by atoms with Crippen molar-refractivity contribution in [2.75, 3.05) is 37.0 Å². The number of carbonyl (C=O) groups excluding carboxylic acids is 3. The van der Waals surface area contributed by atoms with Crippen LogP contribution in [0.2, 0.25) is 0 Å². The first-order valence-corrected chi connectivity index (χ1v) is 15.6. The monoisotopic (exact) mass is 631 g/mol. The third kappa shape index (κ3) is 7.36. The van der Waals surface area contributed by atoms with Gasteiger partial charge in [-0.2, -0.15) is 0 Å². The molecule has 2 N–H and O–H groups in total. The number of benzene rings is 1. The zero-order valence-corrected chi connectivity index (χ0v) is 26.9. The number of hydrogen-bond donors (Lipinski definition) is 2. The molecule has 13 heteroatoms. The van der Waals surface area contributed by atoms with E-state index in [2.05, 4.69) is 30.6 Å². The fourth-order valence-electron chi connectivity index (χ4n) is 5.36. The van der Waals surface area contributed by atoms with Gasteiger partial charge in [0.15, 0.2) is 5.13 Å². The number of esters is 2. The first kappa shape index (κ1) is 31.8. The van der Waals surface area contributed by atoms with Crippen LogP contribution in [-0.4, -0.2) is 70.3 Å². The van der Waals surface area contributed by atoms with Crippen molar-refractivity contribution in [1.82, 2.24) is 25.3 Å². The van der Waals surface area contributed by atoms with Gasteiger partial charge in [-0.25, -0.2) is 19.7 Å². The van der Waals surface area contributed by atoms with Gasteiger partial charge in [0.1, 0.15) is 5.60 Å². The van der Waals surface area contributed by atoms with Gasteiger partial charge >= 0.3 is 18.0 Å². The molecule has 0 bridgehead atoms. The van der Waals surface area contributed by atoms with Crippen molar-refractivity contribution >= 4 is 50.6 Å². The summed E-state index contributed by atoms with van der Waals surface area (Å²) >= 11 is 1.38. The second-order valence-electron chi connectivity index (χ2n) is 11.9. The Kier molecular flexibility index (Phi) is 9.28. The van der Waals surface area contributed by atoms with Crippen LogP contribution in [0.4, 0.5) is 15.9 Å². The third-order valence-electron chi connectivity index (χ3n) is 7.48. The van der Waals surface area contributed by atoms with Crippen molar-refractivity contribution in [3.8, 4) is 22.4 Å². The zero-order chi connectivity index (χ0) is 32.2. The number of fused-ring (bicyclic) bond motifs is 1. The van der Waals surface area contributed by atoms with Gasteiger partial charge < -0.3 is 19.7 Å². The number of hydrogen-bond acceptors (Lipinski definition) is 11. The fourth-order valence-corrected chi connectivity index (χ4v) is 6.32. The van der Waals surface area contributed by atoms with E-state index in [0.717, 1.165) is 27.1 Å². The fraction of sp³-hybridized carbons (Fsp3) is 0.406. The minimum atomic E-state index is -0.955. The summed E-state index contributed by atoms with van der Waals surface area (Å²) in [5.74, 6) is -0.298. The Morgan fingerprint density at radius 2 is 1.78 bits per heavy atom. The van der Waals surface area contributed by atoms with E-state index in [9.17, 15) is 14.4 Å². The molecule has 4 aromatic rings. The Balaban J connectivity index is 1.37. The predicted molar refractivity (Wildman–Crippen MR) is 173 cm³/mol. The van der Waals surface area contributed by atoms with Crippen molar-refractivity contribution in [3.63, 3.8) is 0 Å². The first-order valence-electron chi connectivity index (χ1n) is 14.8. The van der Waals surface area contributed by atoms with E-state index in [1.54, 1.807) is 39.4 Å². The standard InChI is InChI=1S/C32H37N7O5S/c1-6-33-29(42)38-30-37-24-16-20(15-22(26(24)45-30)23-9-7-8-12-34-23)21-18-35-28(36-19-21)39-13-10-32(11-14-39,27(41)43-5)17-25(40)44-31(2,3)4/h7-9,12,15-16,18-19H,6,10-11,13-14,17H2,1-5H3,(H2,33,37,38,42). The Hall–Kier alpha value is -4.65. The first-order chi connectivity index (χ1) is 21.5. The number of urea groups is 1. The number of carbonyl (C=O) groups is 3. The van der Waals surface area contributed by atoms with Crippen molar-refractivity contribution in [2.24, 2.45) is 5.41 Å². The van der Waals surface area contributed by atoms with Crippen molar-refractivity contribution in [1.29, 1.82) is 0 Å². The third-order valence-corrected chi connectivity index (χ3v) is 8.50. The number of ether oxygens (including phenoxy) is 2. The number of methoxy groups -OCH3 is 1. The molecule has 12 nitrogen and oxygen atoms in total. The Morgan fingerprint density at radius 3 is 2.40 bits per heavy atom. The van der Waals surface area contributed by atoms with Crippen LogP contribution in [-0.2, 0) is 19.1 Å². The zero-order valence-electron chi connectivity index (χ0n) is 26.0. The van der Waals surface area contributed by atoms with Crippen LogP contribution in [0, 0.1) is 5.41 Å². The van der Waals surface area contributed by atoms with E-state index in [4.69, 9.17) is 9.47 Å². The molecule has 1 saturated heterocycles. The van der Waals surface area contributed by atoms with Gasteiger partial charge in [-0.05, 0) is 70.4 Å². The normalized spacial score (nSPS) is 14.6. The van der Waals surface area contributed by atoms with Crippen molar-refractivity contribution < 1.29 is 23.9 Å². The highest BCUT2D eigenvalue weighted by Crippen LogP contribution is 2.40. The Bertz CT molecular complexity index is 1680. The van der Waals surface area contributed by atoms with Gasteiger partial charge in [0.05, 0.1) is 34.9 Å². The summed E-state index contributed by atoms with van der Waals surface area (Å²) in [5.41, 5.74) is 2.42. The molecule has 0 atom stereocenters. The number of anilines is 2. The van der Waals surface area contributed by atoms with E-state index in [1.807, 2.05) is 42.2 Å². The number of nitrogens with one attached hydrogen (secondary N) is 2. The molecule has 0 aliphatic carbocycles. The minimum Gasteiger partial charge on any atom is -0.469 e. The molecule has 45 heavy (non-hydrogen) atoms. The lowest BCUT2D eigenvalue weighted by Gasteiger charge is -2.39. The number of thiazole rings is 1. The lowest BCUT2D eigenvalue weighted by Crippen LogP contribution is -2.47. The molecule has 1 fully saturated rings. The molecule has 1 aromatic carbocycles. The van der Waals surface area contributed by atoms with Crippen LogP contribution in [0.3, 0.4) is 0 Å². The Labute approximate surface area is 265 Å². The smallest absolute Gasteiger partial charge is 0.321 e. The molecule has 0 saturated carbocycles. The number of aromatic nitrogens is 4. The molecular weight excluding hydrogens is 594 g/mol. The molecule has 1 aliphatic heterocycles. The average Bonchev–Trinajstić information content (AvgIpc) is 3.42. The van der Waals surface area contributed by atoms with E-state index in [1.165, 1.54) is 18.4 Å². The lowest BCUT2D eigenvalue weighted by atomic mass is 9.75. The van der Waals surface area contributed by atoms with Gasteiger partial charge in [0, 0.05) is 49.4 Å². The predicted octanol–water partition coefficient (Wildman–Crippen LogP) is 5.45. The summed E-state index contributed by atoms with van der Waals surface area (Å²) in [5, 5.41) is 6.01. The van der Waals surface area contributed by atoms with Crippen molar-refractivity contribution in [2.45, 2.75) is 52.6 Å². The molecule has 4 heterocycles. The molecular formula is C32H37N7O5S. The number of pyridine rings is 1. The highest BCUT2D eigenvalue weighted by molar-refractivity contribution is 7.22. The Morgan fingerprint density at radius 1 is 1.04 bits per heavy atom. The number of nitrogens with zero attached hydrogens (tertiary/aromatic N) is 5. The maximum atomic E-state index is 12.8. The molecule has 5 rings (SSSR count). The summed E-state index contributed by atoms with van der Waals surface area (Å²) in [6, 6.07) is 9.38. The number of amides is 2. The van der Waals surface area contributed by atoms with Crippen LogP contribution in [0.25, 0.3) is 32.6 Å². The quantitative estimate of drug-likeness (QED) is 0.241. The van der Waals surface area contributed by atoms with Crippen LogP contribution in [0.5, 0.6) is 0 Å². The molecule has 2 amide bonds. The summed E-state index contributed by atoms with van der Waals surface area (Å²) in [4.78, 5) is 58.2. The second kappa shape index (κ2) is 13.1. The van der Waals surface area contributed by atoms with Crippen molar-refractivity contribution in [3.05, 3.63) is 48.9 Å². The number of piperidine rings is 1. The summed E-state index contributed by atoms with van der Waals surface area (Å²) in [6.07, 6.45) is 6.03. The van der Waals surface area contributed by atoms with E-state index in [0.29, 0.717) is 49.1 Å². The summed E-state index contributed by atoms with van der Waals surface area (Å²) < 4.78 is 11.5. The summed E-state index contributed by atoms with van der Waals surface area (Å²) in [7, 11) is 1.34. The molecule has 3 aromatic heterocycles. The van der Waals surface area contributed by atoms with Gasteiger partial charge in [0.2, 0.25) is 5.95 Å². The van der Waals surface area contributed by atoms with Crippen LogP contribution >= 0.6 is 11.3 Å². The molecule has 236 valence electrons. The second-order valence-corrected chi connectivity index (χ2v) is 12.9. The van der Waals surface area contributed by atoms with Gasteiger partial charge in [-0.3, -0.25) is 19.9 Å². The number of rotatable bonds is 8. The maximum Gasteiger partial charge on any atom is 0.321 e. The highest BCUT2D eigenvalue weighted by Gasteiger charge is 2.45. The van der Waals surface area contributed by atoms with E-state index in [-0.39, 0.29) is 12.5 Å². The highest BCUT2D eigenvalue weighted by atomic mass is 32.1. The SMILES string of the molecule is CCNC(=O)Nc1nc2cc(-c3cnc(N4CCC(CC(=O)OC(C)(C)C)(C(=O)OC)CC4)nc3)cc(-c3ccccn3)c2s1. The molecule has 1 aliphatic rings. The maximum absolute atomic E-state index is 12.8. The average molecular weight is 632 g/mol. The van der Waals surface area contributed by atoms with Crippen LogP contribution < -0.4 is 15.5 Å². The largest absolute Gasteiger partial charge is 0.469 e. The van der Waals surface area contributed by atoms with Gasteiger partial charge in [-0.1, -0.05) is 17.4 Å². The molecule has 0 spiro atoms. The topological polar surface area (TPSA) is 149 Å². The lowest BCUT2D eigenvalue weighted by molar-refractivity contribution is -0.167. The van der Waals surface area contributed by atoms with Gasteiger partial charge in [-0.15, -0.1) is 0 Å². The van der Waals surface area contributed by atoms with E-state index >= 15 is 0 Å². The molecule has 0 unspecified atom stereocenters.